The number of nitrogens with one attached hydrogen (secondary N) is 2. The summed E-state index contributed by atoms with van der Waals surface area (Å²) in [6.07, 6.45) is 5.92. The van der Waals surface area contributed by atoms with Gasteiger partial charge in [0.15, 0.2) is 0 Å². The van der Waals surface area contributed by atoms with Crippen LogP contribution in [0.1, 0.15) is 39.5 Å². The van der Waals surface area contributed by atoms with E-state index in [0.29, 0.717) is 31.1 Å². The fourth-order valence-electron chi connectivity index (χ4n) is 6.77. The van der Waals surface area contributed by atoms with Crippen molar-refractivity contribution in [3.8, 4) is 5.75 Å². The SMILES string of the molecule is COP(OC)c1ccccc1Nc1nc(Nc2ccc(N3CCC(N(C)CC4(O)CC4)CC3)c(OC(C)C)c2)nc2c1ccn2COCC[Si](C)(C)C. The minimum absolute atomic E-state index is 0.00402. The van der Waals surface area contributed by atoms with E-state index in [1.54, 1.807) is 14.2 Å². The predicted octanol–water partition coefficient (Wildman–Crippen LogP) is 7.67. The van der Waals surface area contributed by atoms with Gasteiger partial charge >= 0.3 is 0 Å². The van der Waals surface area contributed by atoms with E-state index < -0.39 is 22.1 Å². The first kappa shape index (κ1) is 39.4. The van der Waals surface area contributed by atoms with Crippen molar-refractivity contribution in [2.45, 2.75) is 89.7 Å². The maximum absolute atomic E-state index is 10.5. The summed E-state index contributed by atoms with van der Waals surface area (Å²) in [6, 6.07) is 17.8. The zero-order chi connectivity index (χ0) is 37.8. The highest BCUT2D eigenvalue weighted by molar-refractivity contribution is 7.56. The summed E-state index contributed by atoms with van der Waals surface area (Å²) in [6.45, 7) is 14.9. The number of anilines is 5. The van der Waals surface area contributed by atoms with Crippen molar-refractivity contribution in [2.75, 3.05) is 63.0 Å². The topological polar surface area (TPSA) is 118 Å². The number of hydrogen-bond donors (Lipinski definition) is 3. The second kappa shape index (κ2) is 17.0. The first-order valence-corrected chi connectivity index (χ1v) is 23.7. The van der Waals surface area contributed by atoms with E-state index in [0.717, 1.165) is 90.5 Å². The molecule has 0 unspecified atom stereocenters. The van der Waals surface area contributed by atoms with Crippen LogP contribution in [0, 0.1) is 0 Å². The number of aliphatic hydroxyl groups is 1. The van der Waals surface area contributed by atoms with Crippen molar-refractivity contribution in [3.63, 3.8) is 0 Å². The lowest BCUT2D eigenvalue weighted by Crippen LogP contribution is -2.46. The van der Waals surface area contributed by atoms with E-state index in [1.807, 2.05) is 41.1 Å². The Morgan fingerprint density at radius 3 is 2.43 bits per heavy atom. The smallest absolute Gasteiger partial charge is 0.231 e. The number of aromatic nitrogens is 3. The molecule has 1 saturated carbocycles. The summed E-state index contributed by atoms with van der Waals surface area (Å²) >= 11 is 0. The van der Waals surface area contributed by atoms with Crippen molar-refractivity contribution >= 4 is 61.6 Å². The summed E-state index contributed by atoms with van der Waals surface area (Å²) in [7, 11) is 2.96. The molecule has 288 valence electrons. The minimum atomic E-state index is -1.28. The second-order valence-corrected chi connectivity index (χ2v) is 23.2. The third-order valence-electron chi connectivity index (χ3n) is 9.91. The fourth-order valence-corrected chi connectivity index (χ4v) is 8.61. The number of benzene rings is 2. The van der Waals surface area contributed by atoms with Crippen molar-refractivity contribution in [1.82, 2.24) is 19.4 Å². The van der Waals surface area contributed by atoms with E-state index in [4.69, 9.17) is 28.5 Å². The van der Waals surface area contributed by atoms with Crippen LogP contribution in [-0.2, 0) is 20.5 Å². The molecule has 0 spiro atoms. The Balaban J connectivity index is 1.27. The predicted molar refractivity (Wildman–Crippen MR) is 219 cm³/mol. The Morgan fingerprint density at radius 1 is 1.02 bits per heavy atom. The van der Waals surface area contributed by atoms with Gasteiger partial charge in [-0.2, -0.15) is 9.97 Å². The van der Waals surface area contributed by atoms with Gasteiger partial charge in [0.1, 0.15) is 23.9 Å². The van der Waals surface area contributed by atoms with Crippen molar-refractivity contribution < 1.29 is 23.6 Å². The summed E-state index contributed by atoms with van der Waals surface area (Å²) in [5.74, 6) is 1.93. The maximum Gasteiger partial charge on any atom is 0.231 e. The molecule has 3 heterocycles. The van der Waals surface area contributed by atoms with Crippen molar-refractivity contribution in [2.24, 2.45) is 0 Å². The maximum atomic E-state index is 10.5. The standard InChI is InChI=1S/C39H58N7O5PSi/c1-28(2)51-34-25-29(13-14-33(34)45-20-15-30(16-21-45)44(3)26-39(47)18-19-39)40-38-42-36(41-32-11-9-10-12-35(32)52(48-4)49-5)31-17-22-46(37(31)43-38)27-50-23-24-53(6,7)8/h9-14,17,22,25,28,30,47H,15-16,18-21,23-24,26-27H2,1-8H3,(H2,40,41,42,43). The lowest BCUT2D eigenvalue weighted by Gasteiger charge is -2.39. The zero-order valence-electron chi connectivity index (χ0n) is 32.7. The Labute approximate surface area is 317 Å². The van der Waals surface area contributed by atoms with Crippen LogP contribution >= 0.6 is 8.38 Å². The number of hydrogen-bond acceptors (Lipinski definition) is 11. The van der Waals surface area contributed by atoms with Gasteiger partial charge in [0, 0.05) is 72.5 Å². The fraction of sp³-hybridized carbons (Fsp3) is 0.538. The number of nitrogens with zero attached hydrogens (tertiary/aromatic N) is 5. The van der Waals surface area contributed by atoms with E-state index >= 15 is 0 Å². The van der Waals surface area contributed by atoms with Gasteiger partial charge in [-0.3, -0.25) is 0 Å². The van der Waals surface area contributed by atoms with Gasteiger partial charge in [-0.15, -0.1) is 0 Å². The lowest BCUT2D eigenvalue weighted by molar-refractivity contribution is 0.0776. The van der Waals surface area contributed by atoms with Gasteiger partial charge in [0.05, 0.1) is 33.8 Å². The molecule has 14 heteroatoms. The van der Waals surface area contributed by atoms with Crippen LogP contribution in [0.25, 0.3) is 11.0 Å². The molecule has 1 aliphatic heterocycles. The normalized spacial score (nSPS) is 16.3. The van der Waals surface area contributed by atoms with Crippen LogP contribution < -0.4 is 25.6 Å². The lowest BCUT2D eigenvalue weighted by atomic mass is 10.0. The summed E-state index contributed by atoms with van der Waals surface area (Å²) < 4.78 is 26.0. The third kappa shape index (κ3) is 10.3. The van der Waals surface area contributed by atoms with Gasteiger partial charge < -0.3 is 48.6 Å². The highest BCUT2D eigenvalue weighted by Gasteiger charge is 2.42. The molecular formula is C39H58N7O5PSi. The van der Waals surface area contributed by atoms with E-state index in [9.17, 15) is 5.11 Å². The van der Waals surface area contributed by atoms with E-state index in [2.05, 4.69) is 79.2 Å². The van der Waals surface area contributed by atoms with Crippen LogP contribution in [-0.4, -0.2) is 97.9 Å². The molecule has 0 atom stereocenters. The van der Waals surface area contributed by atoms with Crippen LogP contribution in [0.5, 0.6) is 5.75 Å². The molecule has 2 aromatic carbocycles. The molecule has 3 N–H and O–H groups in total. The molecule has 12 nitrogen and oxygen atoms in total. The number of ether oxygens (including phenoxy) is 2. The summed E-state index contributed by atoms with van der Waals surface area (Å²) in [5.41, 5.74) is 3.05. The molecule has 0 radical (unpaired) electrons. The van der Waals surface area contributed by atoms with Gasteiger partial charge in [-0.05, 0) is 83.0 Å². The highest BCUT2D eigenvalue weighted by atomic mass is 31.2. The first-order valence-electron chi connectivity index (χ1n) is 18.8. The molecule has 0 bridgehead atoms. The van der Waals surface area contributed by atoms with Crippen LogP contribution in [0.4, 0.5) is 28.8 Å². The molecule has 6 rings (SSSR count). The zero-order valence-corrected chi connectivity index (χ0v) is 34.6. The largest absolute Gasteiger partial charge is 0.489 e. The number of likely N-dealkylation sites (N-methyl/N-ethyl adjacent to an activating group) is 1. The second-order valence-electron chi connectivity index (χ2n) is 15.9. The van der Waals surface area contributed by atoms with Crippen molar-refractivity contribution in [3.05, 3.63) is 54.7 Å². The van der Waals surface area contributed by atoms with Crippen molar-refractivity contribution in [1.29, 1.82) is 0 Å². The average molecular weight is 764 g/mol. The Morgan fingerprint density at radius 2 is 1.75 bits per heavy atom. The Kier molecular flexibility index (Phi) is 12.7. The molecule has 2 aromatic heterocycles. The molecule has 2 aliphatic rings. The van der Waals surface area contributed by atoms with Crippen LogP contribution in [0.15, 0.2) is 54.7 Å². The summed E-state index contributed by atoms with van der Waals surface area (Å²) in [5, 5.41) is 19.3. The molecule has 1 aliphatic carbocycles. The quantitative estimate of drug-likeness (QED) is 0.0527. The molecule has 1 saturated heterocycles. The van der Waals surface area contributed by atoms with Gasteiger partial charge in [-0.25, -0.2) is 0 Å². The van der Waals surface area contributed by atoms with Gasteiger partial charge in [-0.1, -0.05) is 31.8 Å². The molecule has 2 fully saturated rings. The first-order chi connectivity index (χ1) is 25.3. The molecular weight excluding hydrogens is 706 g/mol. The monoisotopic (exact) mass is 763 g/mol. The summed E-state index contributed by atoms with van der Waals surface area (Å²) in [4.78, 5) is 14.8. The van der Waals surface area contributed by atoms with Crippen LogP contribution in [0.2, 0.25) is 25.7 Å². The molecule has 53 heavy (non-hydrogen) atoms. The number of piperidine rings is 1. The molecule has 0 amide bonds. The minimum Gasteiger partial charge on any atom is -0.489 e. The average Bonchev–Trinajstić information content (AvgIpc) is 3.70. The number of para-hydroxylation sites is 1. The number of fused-ring (bicyclic) bond motifs is 1. The third-order valence-corrected chi connectivity index (χ3v) is 13.1. The Hall–Kier alpha value is -3.29. The van der Waals surface area contributed by atoms with Gasteiger partial charge in [0.25, 0.3) is 0 Å². The number of rotatable bonds is 18. The van der Waals surface area contributed by atoms with Crippen LogP contribution in [0.3, 0.4) is 0 Å². The Bertz CT molecular complexity index is 1820. The molecule has 4 aromatic rings. The van der Waals surface area contributed by atoms with Gasteiger partial charge in [0.2, 0.25) is 14.3 Å². The highest BCUT2D eigenvalue weighted by Crippen LogP contribution is 2.40. The van der Waals surface area contributed by atoms with E-state index in [1.165, 1.54) is 0 Å². The van der Waals surface area contributed by atoms with E-state index in [-0.39, 0.29) is 6.10 Å².